The molecule has 0 aliphatic carbocycles. The fourth-order valence-electron chi connectivity index (χ4n) is 3.12. The Labute approximate surface area is 163 Å². The number of hydrogen-bond acceptors (Lipinski definition) is 5. The highest BCUT2D eigenvalue weighted by Crippen LogP contribution is 2.38. The number of ether oxygens (including phenoxy) is 2. The summed E-state index contributed by atoms with van der Waals surface area (Å²) in [4.78, 5) is 4.52. The molecule has 2 aromatic heterocycles. The van der Waals surface area contributed by atoms with Crippen molar-refractivity contribution in [1.82, 2.24) is 20.1 Å². The summed E-state index contributed by atoms with van der Waals surface area (Å²) in [5.41, 5.74) is 4.21. The molecule has 3 heterocycles. The molecule has 7 heteroatoms. The Bertz CT molecular complexity index is 953. The van der Waals surface area contributed by atoms with Crippen LogP contribution in [-0.4, -0.2) is 28.0 Å². The van der Waals surface area contributed by atoms with Gasteiger partial charge >= 0.3 is 0 Å². The maximum absolute atomic E-state index is 6.28. The summed E-state index contributed by atoms with van der Waals surface area (Å²) in [6.45, 7) is 6.46. The van der Waals surface area contributed by atoms with Crippen LogP contribution in [0.25, 0.3) is 5.82 Å². The molecule has 27 heavy (non-hydrogen) atoms. The van der Waals surface area contributed by atoms with Crippen molar-refractivity contribution < 1.29 is 9.47 Å². The van der Waals surface area contributed by atoms with Gasteiger partial charge in [-0.05, 0) is 49.2 Å². The first kappa shape index (κ1) is 17.8. The summed E-state index contributed by atoms with van der Waals surface area (Å²) in [7, 11) is 0. The van der Waals surface area contributed by atoms with E-state index >= 15 is 0 Å². The molecule has 1 aliphatic heterocycles. The molecule has 0 fully saturated rings. The van der Waals surface area contributed by atoms with E-state index in [1.807, 2.05) is 49.0 Å². The molecule has 1 aliphatic rings. The first-order valence-electron chi connectivity index (χ1n) is 8.87. The van der Waals surface area contributed by atoms with Crippen LogP contribution in [0.2, 0.25) is 5.02 Å². The number of nitrogens with zero attached hydrogens (tertiary/aromatic N) is 3. The van der Waals surface area contributed by atoms with Gasteiger partial charge in [0.1, 0.15) is 13.2 Å². The Morgan fingerprint density at radius 1 is 1.07 bits per heavy atom. The molecular weight excluding hydrogens is 364 g/mol. The van der Waals surface area contributed by atoms with E-state index in [1.54, 1.807) is 0 Å². The van der Waals surface area contributed by atoms with Crippen LogP contribution in [0.1, 0.15) is 22.5 Å². The highest BCUT2D eigenvalue weighted by atomic mass is 35.5. The molecule has 0 atom stereocenters. The van der Waals surface area contributed by atoms with E-state index < -0.39 is 0 Å². The maximum Gasteiger partial charge on any atom is 0.179 e. The second-order valence-electron chi connectivity index (χ2n) is 6.57. The summed E-state index contributed by atoms with van der Waals surface area (Å²) in [5.74, 6) is 2.17. The molecule has 4 rings (SSSR count). The van der Waals surface area contributed by atoms with E-state index in [4.69, 9.17) is 21.1 Å². The minimum Gasteiger partial charge on any atom is -0.486 e. The van der Waals surface area contributed by atoms with E-state index in [9.17, 15) is 0 Å². The predicted molar refractivity (Wildman–Crippen MR) is 104 cm³/mol. The standard InChI is InChI=1S/C20H21ClN4O2/c1-13-7-14(2)25(24-13)19-4-3-15(12-23-19)10-22-11-16-8-17(21)20-18(9-16)26-5-6-27-20/h3-4,7-9,12,22H,5-6,10-11H2,1-2H3. The van der Waals surface area contributed by atoms with Gasteiger partial charge in [0.2, 0.25) is 0 Å². The van der Waals surface area contributed by atoms with E-state index in [2.05, 4.69) is 21.5 Å². The number of aromatic nitrogens is 3. The van der Waals surface area contributed by atoms with Gasteiger partial charge in [-0.3, -0.25) is 0 Å². The lowest BCUT2D eigenvalue weighted by atomic mass is 10.2. The first-order valence-corrected chi connectivity index (χ1v) is 9.25. The molecule has 0 bridgehead atoms. The van der Waals surface area contributed by atoms with Crippen LogP contribution >= 0.6 is 11.6 Å². The summed E-state index contributed by atoms with van der Waals surface area (Å²) in [6, 6.07) is 9.96. The van der Waals surface area contributed by atoms with E-state index in [1.165, 1.54) is 0 Å². The lowest BCUT2D eigenvalue weighted by molar-refractivity contribution is 0.171. The van der Waals surface area contributed by atoms with Gasteiger partial charge in [-0.25, -0.2) is 9.67 Å². The smallest absolute Gasteiger partial charge is 0.179 e. The van der Waals surface area contributed by atoms with Crippen LogP contribution in [0.4, 0.5) is 0 Å². The zero-order valence-corrected chi connectivity index (χ0v) is 16.1. The molecule has 1 N–H and O–H groups in total. The number of nitrogens with one attached hydrogen (secondary N) is 1. The van der Waals surface area contributed by atoms with Gasteiger partial charge in [0.15, 0.2) is 17.3 Å². The quantitative estimate of drug-likeness (QED) is 0.728. The Morgan fingerprint density at radius 3 is 2.63 bits per heavy atom. The van der Waals surface area contributed by atoms with Gasteiger partial charge in [-0.1, -0.05) is 17.7 Å². The number of pyridine rings is 1. The molecule has 1 aromatic carbocycles. The van der Waals surface area contributed by atoms with Crippen molar-refractivity contribution in [3.8, 4) is 17.3 Å². The highest BCUT2D eigenvalue weighted by molar-refractivity contribution is 6.32. The minimum atomic E-state index is 0.533. The third kappa shape index (κ3) is 3.91. The average Bonchev–Trinajstić information content (AvgIpc) is 3.00. The fraction of sp³-hybridized carbons (Fsp3) is 0.300. The van der Waals surface area contributed by atoms with Gasteiger partial charge in [-0.15, -0.1) is 0 Å². The minimum absolute atomic E-state index is 0.533. The van der Waals surface area contributed by atoms with Gasteiger partial charge < -0.3 is 14.8 Å². The van der Waals surface area contributed by atoms with Crippen molar-refractivity contribution in [1.29, 1.82) is 0 Å². The number of halogens is 1. The number of rotatable bonds is 5. The van der Waals surface area contributed by atoms with E-state index in [0.29, 0.717) is 42.8 Å². The zero-order chi connectivity index (χ0) is 18.8. The highest BCUT2D eigenvalue weighted by Gasteiger charge is 2.16. The van der Waals surface area contributed by atoms with Gasteiger partial charge in [-0.2, -0.15) is 5.10 Å². The zero-order valence-electron chi connectivity index (χ0n) is 15.3. The molecule has 140 valence electrons. The molecule has 0 amide bonds. The molecule has 0 saturated heterocycles. The number of benzene rings is 1. The van der Waals surface area contributed by atoms with Crippen molar-refractivity contribution >= 4 is 11.6 Å². The lowest BCUT2D eigenvalue weighted by Crippen LogP contribution is -2.17. The van der Waals surface area contributed by atoms with Gasteiger partial charge in [0.05, 0.1) is 10.7 Å². The molecule has 0 spiro atoms. The second-order valence-corrected chi connectivity index (χ2v) is 6.98. The predicted octanol–water partition coefficient (Wildman–Crippen LogP) is 3.60. The Morgan fingerprint density at radius 2 is 1.89 bits per heavy atom. The van der Waals surface area contributed by atoms with Crippen molar-refractivity contribution in [2.45, 2.75) is 26.9 Å². The summed E-state index contributed by atoms with van der Waals surface area (Å²) >= 11 is 6.28. The summed E-state index contributed by atoms with van der Waals surface area (Å²) in [6.07, 6.45) is 1.87. The first-order chi connectivity index (χ1) is 13.1. The van der Waals surface area contributed by atoms with Crippen LogP contribution in [0, 0.1) is 13.8 Å². The van der Waals surface area contributed by atoms with E-state index in [0.717, 1.165) is 28.3 Å². The van der Waals surface area contributed by atoms with Gasteiger partial charge in [0, 0.05) is 25.0 Å². The third-order valence-electron chi connectivity index (χ3n) is 4.35. The van der Waals surface area contributed by atoms with Gasteiger partial charge in [0.25, 0.3) is 0 Å². The Kier molecular flexibility index (Phi) is 5.01. The van der Waals surface area contributed by atoms with Crippen molar-refractivity contribution in [2.75, 3.05) is 13.2 Å². The van der Waals surface area contributed by atoms with E-state index in [-0.39, 0.29) is 0 Å². The maximum atomic E-state index is 6.28. The van der Waals surface area contributed by atoms with Crippen molar-refractivity contribution in [3.05, 3.63) is 64.1 Å². The molecular formula is C20H21ClN4O2. The van der Waals surface area contributed by atoms with Crippen LogP contribution in [-0.2, 0) is 13.1 Å². The van der Waals surface area contributed by atoms with Crippen molar-refractivity contribution in [2.24, 2.45) is 0 Å². The molecule has 6 nitrogen and oxygen atoms in total. The van der Waals surface area contributed by atoms with Crippen molar-refractivity contribution in [3.63, 3.8) is 0 Å². The SMILES string of the molecule is Cc1cc(C)n(-c2ccc(CNCc3cc(Cl)c4c(c3)OCCO4)cn2)n1. The number of fused-ring (bicyclic) bond motifs is 1. The Balaban J connectivity index is 1.38. The average molecular weight is 385 g/mol. The molecule has 0 radical (unpaired) electrons. The monoisotopic (exact) mass is 384 g/mol. The summed E-state index contributed by atoms with van der Waals surface area (Å²) < 4.78 is 13.0. The Hall–Kier alpha value is -2.57. The van der Waals surface area contributed by atoms with Crippen LogP contribution in [0.5, 0.6) is 11.5 Å². The number of aryl methyl sites for hydroxylation is 2. The van der Waals surface area contributed by atoms with Crippen LogP contribution in [0.15, 0.2) is 36.5 Å². The molecule has 3 aromatic rings. The van der Waals surface area contributed by atoms with Crippen LogP contribution < -0.4 is 14.8 Å². The summed E-state index contributed by atoms with van der Waals surface area (Å²) in [5, 5.41) is 8.45. The largest absolute Gasteiger partial charge is 0.486 e. The number of hydrogen-bond donors (Lipinski definition) is 1. The molecule has 0 unspecified atom stereocenters. The molecule has 0 saturated carbocycles. The second kappa shape index (κ2) is 7.58. The topological polar surface area (TPSA) is 61.2 Å². The lowest BCUT2D eigenvalue weighted by Gasteiger charge is -2.20. The fourth-order valence-corrected chi connectivity index (χ4v) is 3.41. The van der Waals surface area contributed by atoms with Crippen LogP contribution in [0.3, 0.4) is 0 Å². The third-order valence-corrected chi connectivity index (χ3v) is 4.63. The normalized spacial score (nSPS) is 13.0.